The molecule has 6 nitrogen and oxygen atoms in total. The summed E-state index contributed by atoms with van der Waals surface area (Å²) in [6, 6.07) is 16.0. The van der Waals surface area contributed by atoms with Gasteiger partial charge in [-0.3, -0.25) is 0 Å². The third-order valence-electron chi connectivity index (χ3n) is 4.13. The normalized spacial score (nSPS) is 15.5. The Hall–Kier alpha value is -2.00. The van der Waals surface area contributed by atoms with Crippen molar-refractivity contribution >= 4 is 29.9 Å². The van der Waals surface area contributed by atoms with E-state index in [9.17, 15) is 0 Å². The average Bonchev–Trinajstić information content (AvgIpc) is 2.70. The lowest BCUT2D eigenvalue weighted by molar-refractivity contribution is 0.0936. The molecule has 1 aliphatic heterocycles. The molecule has 2 N–H and O–H groups in total. The van der Waals surface area contributed by atoms with Crippen LogP contribution >= 0.6 is 24.0 Å². The van der Waals surface area contributed by atoms with Gasteiger partial charge in [0.15, 0.2) is 17.5 Å². The molecule has 0 spiro atoms. The van der Waals surface area contributed by atoms with Gasteiger partial charge < -0.3 is 24.8 Å². The number of fused-ring (bicyclic) bond motifs is 1. The Morgan fingerprint density at radius 1 is 1.11 bits per heavy atom. The summed E-state index contributed by atoms with van der Waals surface area (Å²) in [6.07, 6.45) is -0.0613. The summed E-state index contributed by atoms with van der Waals surface area (Å²) in [4.78, 5) is 4.67. The van der Waals surface area contributed by atoms with E-state index in [0.29, 0.717) is 26.3 Å². The van der Waals surface area contributed by atoms with Crippen LogP contribution in [0.4, 0.5) is 0 Å². The molecule has 2 aromatic carbocycles. The lowest BCUT2D eigenvalue weighted by Crippen LogP contribution is -2.45. The Morgan fingerprint density at radius 3 is 2.68 bits per heavy atom. The molecule has 2 aromatic rings. The second-order valence-corrected chi connectivity index (χ2v) is 6.33. The fraction of sp³-hybridized carbons (Fsp3) is 0.381. The second-order valence-electron chi connectivity index (χ2n) is 6.33. The van der Waals surface area contributed by atoms with Crippen LogP contribution in [0, 0.1) is 0 Å². The summed E-state index contributed by atoms with van der Waals surface area (Å²) in [6.45, 7) is 5.17. The molecule has 3 rings (SSSR count). The predicted octanol–water partition coefficient (Wildman–Crippen LogP) is 3.35. The van der Waals surface area contributed by atoms with Gasteiger partial charge in [0.1, 0.15) is 12.7 Å². The lowest BCUT2D eigenvalue weighted by Gasteiger charge is -2.27. The molecule has 0 saturated carbocycles. The number of nitrogens with one attached hydrogen (secondary N) is 2. The standard InChI is InChI=1S/C21H27N3O3.HI/c1-3-22-21(23-12-16-7-6-8-17(11-16)14-25-2)24-13-18-15-26-19-9-4-5-10-20(19)27-18;/h4-11,18H,3,12-15H2,1-2H3,(H2,22,23,24);1H. The number of benzene rings is 2. The molecule has 1 unspecified atom stereocenters. The van der Waals surface area contributed by atoms with E-state index in [1.807, 2.05) is 37.3 Å². The molecule has 0 saturated heterocycles. The van der Waals surface area contributed by atoms with E-state index in [1.165, 1.54) is 0 Å². The summed E-state index contributed by atoms with van der Waals surface area (Å²) in [5, 5.41) is 6.61. The Kier molecular flexibility index (Phi) is 9.36. The molecular formula is C21H28IN3O3. The van der Waals surface area contributed by atoms with Gasteiger partial charge in [0, 0.05) is 13.7 Å². The number of halogens is 1. The Morgan fingerprint density at radius 2 is 1.89 bits per heavy atom. The van der Waals surface area contributed by atoms with Gasteiger partial charge in [-0.1, -0.05) is 36.4 Å². The maximum absolute atomic E-state index is 5.98. The zero-order valence-electron chi connectivity index (χ0n) is 16.3. The van der Waals surface area contributed by atoms with Crippen molar-refractivity contribution in [3.8, 4) is 11.5 Å². The zero-order chi connectivity index (χ0) is 18.9. The number of para-hydroxylation sites is 2. The number of methoxy groups -OCH3 is 1. The summed E-state index contributed by atoms with van der Waals surface area (Å²) in [5.74, 6) is 2.34. The predicted molar refractivity (Wildman–Crippen MR) is 122 cm³/mol. The monoisotopic (exact) mass is 497 g/mol. The molecule has 152 valence electrons. The van der Waals surface area contributed by atoms with E-state index in [4.69, 9.17) is 14.2 Å². The van der Waals surface area contributed by atoms with Crippen LogP contribution in [0.2, 0.25) is 0 Å². The van der Waals surface area contributed by atoms with Gasteiger partial charge in [-0.15, -0.1) is 24.0 Å². The van der Waals surface area contributed by atoms with Crippen LogP contribution in [0.3, 0.4) is 0 Å². The van der Waals surface area contributed by atoms with Crippen LogP contribution < -0.4 is 20.1 Å². The fourth-order valence-electron chi connectivity index (χ4n) is 2.87. The van der Waals surface area contributed by atoms with Crippen molar-refractivity contribution in [1.29, 1.82) is 0 Å². The molecular weight excluding hydrogens is 469 g/mol. The number of hydrogen-bond donors (Lipinski definition) is 2. The van der Waals surface area contributed by atoms with E-state index in [-0.39, 0.29) is 30.1 Å². The van der Waals surface area contributed by atoms with Crippen LogP contribution in [-0.2, 0) is 17.9 Å². The Bertz CT molecular complexity index is 770. The van der Waals surface area contributed by atoms with Gasteiger partial charge in [0.25, 0.3) is 0 Å². The van der Waals surface area contributed by atoms with Crippen molar-refractivity contribution in [1.82, 2.24) is 10.6 Å². The lowest BCUT2D eigenvalue weighted by atomic mass is 10.1. The topological polar surface area (TPSA) is 64.1 Å². The highest BCUT2D eigenvalue weighted by molar-refractivity contribution is 14.0. The molecule has 0 fully saturated rings. The van der Waals surface area contributed by atoms with Crippen LogP contribution in [0.5, 0.6) is 11.5 Å². The van der Waals surface area contributed by atoms with Crippen LogP contribution in [-0.4, -0.2) is 38.9 Å². The zero-order valence-corrected chi connectivity index (χ0v) is 18.6. The largest absolute Gasteiger partial charge is 0.486 e. The van der Waals surface area contributed by atoms with Crippen molar-refractivity contribution in [2.75, 3.05) is 26.8 Å². The minimum absolute atomic E-state index is 0. The third-order valence-corrected chi connectivity index (χ3v) is 4.13. The van der Waals surface area contributed by atoms with Crippen molar-refractivity contribution < 1.29 is 14.2 Å². The Labute approximate surface area is 183 Å². The Balaban J connectivity index is 0.00000280. The number of ether oxygens (including phenoxy) is 3. The SMILES string of the molecule is CCNC(=NCc1cccc(COC)c1)NCC1COc2ccccc2O1.I. The van der Waals surface area contributed by atoms with E-state index in [1.54, 1.807) is 7.11 Å². The maximum atomic E-state index is 5.98. The minimum atomic E-state index is -0.0613. The van der Waals surface area contributed by atoms with E-state index in [2.05, 4.69) is 33.8 Å². The van der Waals surface area contributed by atoms with Gasteiger partial charge in [0.2, 0.25) is 0 Å². The molecule has 0 aromatic heterocycles. The number of aliphatic imine (C=N–C) groups is 1. The third kappa shape index (κ3) is 6.56. The smallest absolute Gasteiger partial charge is 0.191 e. The van der Waals surface area contributed by atoms with Crippen molar-refractivity contribution in [3.05, 3.63) is 59.7 Å². The molecule has 0 amide bonds. The van der Waals surface area contributed by atoms with Gasteiger partial charge in [-0.2, -0.15) is 0 Å². The summed E-state index contributed by atoms with van der Waals surface area (Å²) < 4.78 is 16.9. The molecule has 28 heavy (non-hydrogen) atoms. The first kappa shape index (κ1) is 22.3. The first-order valence-electron chi connectivity index (χ1n) is 9.26. The molecule has 1 atom stereocenters. The van der Waals surface area contributed by atoms with Crippen LogP contribution in [0.15, 0.2) is 53.5 Å². The molecule has 0 radical (unpaired) electrons. The fourth-order valence-corrected chi connectivity index (χ4v) is 2.87. The van der Waals surface area contributed by atoms with E-state index < -0.39 is 0 Å². The first-order chi connectivity index (χ1) is 13.3. The quantitative estimate of drug-likeness (QED) is 0.349. The number of hydrogen-bond acceptors (Lipinski definition) is 4. The van der Waals surface area contributed by atoms with E-state index >= 15 is 0 Å². The van der Waals surface area contributed by atoms with Crippen molar-refractivity contribution in [2.45, 2.75) is 26.2 Å². The van der Waals surface area contributed by atoms with Gasteiger partial charge in [0.05, 0.1) is 19.7 Å². The summed E-state index contributed by atoms with van der Waals surface area (Å²) in [5.41, 5.74) is 2.29. The number of nitrogens with zero attached hydrogens (tertiary/aromatic N) is 1. The molecule has 0 bridgehead atoms. The van der Waals surface area contributed by atoms with Crippen LogP contribution in [0.1, 0.15) is 18.1 Å². The molecule has 0 aliphatic carbocycles. The highest BCUT2D eigenvalue weighted by Crippen LogP contribution is 2.30. The van der Waals surface area contributed by atoms with Crippen molar-refractivity contribution in [2.24, 2.45) is 4.99 Å². The maximum Gasteiger partial charge on any atom is 0.191 e. The minimum Gasteiger partial charge on any atom is -0.486 e. The molecule has 7 heteroatoms. The first-order valence-corrected chi connectivity index (χ1v) is 9.26. The summed E-state index contributed by atoms with van der Waals surface area (Å²) in [7, 11) is 1.70. The second kappa shape index (κ2) is 11.8. The van der Waals surface area contributed by atoms with E-state index in [0.717, 1.165) is 35.1 Å². The van der Waals surface area contributed by atoms with Crippen molar-refractivity contribution in [3.63, 3.8) is 0 Å². The highest BCUT2D eigenvalue weighted by Gasteiger charge is 2.20. The average molecular weight is 497 g/mol. The highest BCUT2D eigenvalue weighted by atomic mass is 127. The number of guanidine groups is 1. The molecule has 1 heterocycles. The van der Waals surface area contributed by atoms with Gasteiger partial charge in [-0.25, -0.2) is 4.99 Å². The van der Waals surface area contributed by atoms with Crippen LogP contribution in [0.25, 0.3) is 0 Å². The molecule has 1 aliphatic rings. The summed E-state index contributed by atoms with van der Waals surface area (Å²) >= 11 is 0. The van der Waals surface area contributed by atoms with Gasteiger partial charge >= 0.3 is 0 Å². The van der Waals surface area contributed by atoms with Gasteiger partial charge in [-0.05, 0) is 30.2 Å². The number of rotatable bonds is 7.